The van der Waals surface area contributed by atoms with Crippen LogP contribution in [0.4, 0.5) is 0 Å². The highest BCUT2D eigenvalue weighted by Gasteiger charge is 2.48. The molecular formula is C18H27AlO12. The fraction of sp³-hybridized carbons (Fsp3) is 0.667. The van der Waals surface area contributed by atoms with Crippen LogP contribution in [-0.4, -0.2) is 72.3 Å². The van der Waals surface area contributed by atoms with Crippen LogP contribution in [0.5, 0.6) is 0 Å². The van der Waals surface area contributed by atoms with Crippen molar-refractivity contribution in [2.75, 3.05) is 21.3 Å². The van der Waals surface area contributed by atoms with E-state index in [0.29, 0.717) is 0 Å². The molecule has 0 aromatic rings. The van der Waals surface area contributed by atoms with Gasteiger partial charge in [-0.2, -0.15) is 0 Å². The second-order valence-electron chi connectivity index (χ2n) is 6.05. The lowest BCUT2D eigenvalue weighted by Gasteiger charge is -2.13. The summed E-state index contributed by atoms with van der Waals surface area (Å²) in [4.78, 5) is 69.0. The van der Waals surface area contributed by atoms with Crippen molar-refractivity contribution in [1.29, 1.82) is 0 Å². The molecule has 0 fully saturated rings. The fourth-order valence-electron chi connectivity index (χ4n) is 2.01. The van der Waals surface area contributed by atoms with Gasteiger partial charge in [-0.1, -0.05) is 0 Å². The molecule has 0 atom stereocenters. The first-order valence-corrected chi connectivity index (χ1v) is 10.9. The monoisotopic (exact) mass is 462 g/mol. The topological polar surface area (TPSA) is 158 Å². The largest absolute Gasteiger partial charge is 1.20 e. The van der Waals surface area contributed by atoms with Gasteiger partial charge in [0.15, 0.2) is 0 Å². The summed E-state index contributed by atoms with van der Waals surface area (Å²) >= 11 is -3.53. The third kappa shape index (κ3) is 15.8. The molecule has 0 unspecified atom stereocenters. The quantitative estimate of drug-likeness (QED) is 0.190. The van der Waals surface area contributed by atoms with Crippen molar-refractivity contribution < 1.29 is 54.3 Å². The molecule has 0 rings (SSSR count). The highest BCUT2D eigenvalue weighted by Crippen LogP contribution is 2.08. The van der Waals surface area contributed by atoms with Crippen LogP contribution in [0.1, 0.15) is 57.8 Å². The average molecular weight is 462 g/mol. The molecule has 0 radical (unpaired) electrons. The number of methoxy groups -OCH3 is 3. The Morgan fingerprint density at radius 2 is 0.677 bits per heavy atom. The van der Waals surface area contributed by atoms with Crippen LogP contribution in [0, 0.1) is 0 Å². The Bertz CT molecular complexity index is 547. The van der Waals surface area contributed by atoms with Gasteiger partial charge >= 0.3 is 33.1 Å². The van der Waals surface area contributed by atoms with Crippen LogP contribution in [0.15, 0.2) is 0 Å². The second kappa shape index (κ2) is 17.1. The van der Waals surface area contributed by atoms with Crippen molar-refractivity contribution in [3.63, 3.8) is 0 Å². The summed E-state index contributed by atoms with van der Waals surface area (Å²) in [5, 5.41) is 0. The van der Waals surface area contributed by atoms with Crippen LogP contribution < -0.4 is 0 Å². The maximum absolute atomic E-state index is 11.9. The summed E-state index contributed by atoms with van der Waals surface area (Å²) in [7, 11) is 3.63. The van der Waals surface area contributed by atoms with Crippen LogP contribution in [0.3, 0.4) is 0 Å². The van der Waals surface area contributed by atoms with Crippen molar-refractivity contribution >= 4 is 51.0 Å². The van der Waals surface area contributed by atoms with Crippen LogP contribution in [-0.2, 0) is 54.3 Å². The summed E-state index contributed by atoms with van der Waals surface area (Å²) in [6, 6.07) is 0. The van der Waals surface area contributed by atoms with E-state index in [1.165, 1.54) is 21.3 Å². The lowest BCUT2D eigenvalue weighted by atomic mass is 10.2. The van der Waals surface area contributed by atoms with Gasteiger partial charge in [0.2, 0.25) is 0 Å². The number of esters is 3. The van der Waals surface area contributed by atoms with Gasteiger partial charge in [-0.05, 0) is 19.3 Å². The van der Waals surface area contributed by atoms with Gasteiger partial charge < -0.3 is 25.6 Å². The predicted molar refractivity (Wildman–Crippen MR) is 102 cm³/mol. The third-order valence-electron chi connectivity index (χ3n) is 3.65. The van der Waals surface area contributed by atoms with E-state index < -0.39 is 51.0 Å². The lowest BCUT2D eigenvalue weighted by Crippen LogP contribution is -2.34. The first kappa shape index (κ1) is 28.4. The highest BCUT2D eigenvalue weighted by atomic mass is 27.3. The van der Waals surface area contributed by atoms with Crippen molar-refractivity contribution in [2.45, 2.75) is 57.8 Å². The summed E-state index contributed by atoms with van der Waals surface area (Å²) < 4.78 is 28.3. The molecule has 0 bridgehead atoms. The molecule has 0 N–H and O–H groups in total. The normalized spacial score (nSPS) is 9.77. The van der Waals surface area contributed by atoms with Crippen molar-refractivity contribution in [2.24, 2.45) is 0 Å². The number of carbonyl (C=O) groups excluding carboxylic acids is 6. The standard InChI is InChI=1S/3C6H10O4.Al/c3*1-10-6(9)4-2-3-5(7)8;/h3*2-4H2,1H3,(H,7,8);/q;;;+3/p-3. The Balaban J connectivity index is 4.68. The average Bonchev–Trinajstić information content (AvgIpc) is 2.72. The van der Waals surface area contributed by atoms with Gasteiger partial charge in [-0.3, -0.25) is 28.8 Å². The molecule has 13 heteroatoms. The Morgan fingerprint density at radius 1 is 0.452 bits per heavy atom. The molecule has 31 heavy (non-hydrogen) atoms. The molecule has 0 aliphatic carbocycles. The molecule has 12 nitrogen and oxygen atoms in total. The number of carbonyl (C=O) groups is 6. The van der Waals surface area contributed by atoms with E-state index in [1.807, 2.05) is 0 Å². The highest BCUT2D eigenvalue weighted by molar-refractivity contribution is 6.44. The second-order valence-corrected chi connectivity index (χ2v) is 7.33. The summed E-state index contributed by atoms with van der Waals surface area (Å²) in [5.74, 6) is -3.96. The molecule has 174 valence electrons. The van der Waals surface area contributed by atoms with Crippen LogP contribution >= 0.6 is 0 Å². The zero-order chi connectivity index (χ0) is 23.6. The van der Waals surface area contributed by atoms with E-state index in [0.717, 1.165) is 0 Å². The number of hydrogen-bond donors (Lipinski definition) is 0. The van der Waals surface area contributed by atoms with Crippen molar-refractivity contribution in [3.8, 4) is 0 Å². The molecule has 0 amide bonds. The number of rotatable bonds is 15. The minimum atomic E-state index is -3.53. The molecule has 0 saturated carbocycles. The molecule has 0 aromatic carbocycles. The van der Waals surface area contributed by atoms with Gasteiger partial charge in [0, 0.05) is 38.5 Å². The van der Waals surface area contributed by atoms with Crippen LogP contribution in [0.25, 0.3) is 0 Å². The minimum absolute atomic E-state index is 0.0154. The van der Waals surface area contributed by atoms with Gasteiger partial charge in [-0.25, -0.2) is 0 Å². The predicted octanol–water partition coefficient (Wildman–Crippen LogP) is 0.631. The molecule has 0 spiro atoms. The molecule has 0 heterocycles. The number of ether oxygens (including phenoxy) is 3. The number of hydrogen-bond acceptors (Lipinski definition) is 12. The first-order valence-electron chi connectivity index (χ1n) is 9.50. The molecule has 0 aromatic heterocycles. The molecule has 0 saturated heterocycles. The van der Waals surface area contributed by atoms with Crippen molar-refractivity contribution in [1.82, 2.24) is 0 Å². The summed E-state index contributed by atoms with van der Waals surface area (Å²) in [6.45, 7) is 0. The van der Waals surface area contributed by atoms with E-state index >= 15 is 0 Å². The smallest absolute Gasteiger partial charge is 0.551 e. The van der Waals surface area contributed by atoms with Crippen molar-refractivity contribution in [3.05, 3.63) is 0 Å². The third-order valence-corrected chi connectivity index (χ3v) is 5.02. The van der Waals surface area contributed by atoms with Gasteiger partial charge in [0.05, 0.1) is 21.3 Å². The maximum Gasteiger partial charge on any atom is 1.20 e. The Kier molecular flexibility index (Phi) is 15.6. The van der Waals surface area contributed by atoms with E-state index in [2.05, 4.69) is 14.2 Å². The Morgan fingerprint density at radius 3 is 0.903 bits per heavy atom. The fourth-order valence-corrected chi connectivity index (χ4v) is 3.15. The molecule has 0 aliphatic heterocycles. The van der Waals surface area contributed by atoms with Gasteiger partial charge in [0.25, 0.3) is 17.9 Å². The van der Waals surface area contributed by atoms with Gasteiger partial charge in [0.1, 0.15) is 0 Å². The first-order chi connectivity index (χ1) is 14.7. The SMILES string of the molecule is COC(=O)CCCC(=O)[O][Al]([O]C(=O)CCCC(=O)OC)[O]C(=O)CCCC(=O)OC. The summed E-state index contributed by atoms with van der Waals surface area (Å²) in [5.41, 5.74) is 0. The zero-order valence-corrected chi connectivity index (χ0v) is 19.0. The Labute approximate surface area is 184 Å². The lowest BCUT2D eigenvalue weighted by molar-refractivity contribution is -0.147. The van der Waals surface area contributed by atoms with E-state index in [1.54, 1.807) is 0 Å². The van der Waals surface area contributed by atoms with E-state index in [9.17, 15) is 28.8 Å². The molecule has 0 aliphatic rings. The zero-order valence-electron chi connectivity index (χ0n) is 17.8. The minimum Gasteiger partial charge on any atom is -0.551 e. The summed E-state index contributed by atoms with van der Waals surface area (Å²) in [6.07, 6.45) is -0.198. The maximum atomic E-state index is 11.9. The van der Waals surface area contributed by atoms with E-state index in [-0.39, 0.29) is 57.8 Å². The van der Waals surface area contributed by atoms with Crippen LogP contribution in [0.2, 0.25) is 0 Å². The van der Waals surface area contributed by atoms with E-state index in [4.69, 9.17) is 11.4 Å². The Hall–Kier alpha value is -2.65. The molecular weight excluding hydrogens is 435 g/mol. The van der Waals surface area contributed by atoms with Gasteiger partial charge in [-0.15, -0.1) is 0 Å².